The molecule has 0 amide bonds. The Bertz CT molecular complexity index is 1760. The van der Waals surface area contributed by atoms with Crippen LogP contribution < -0.4 is 0 Å². The highest BCUT2D eigenvalue weighted by Crippen LogP contribution is 2.66. The van der Waals surface area contributed by atoms with Crippen LogP contribution in [0.2, 0.25) is 0 Å². The monoisotopic (exact) mass is 1090 g/mol. The van der Waals surface area contributed by atoms with Crippen LogP contribution in [0.15, 0.2) is 12.2 Å². The first-order chi connectivity index (χ1) is 29.1. The predicted molar refractivity (Wildman–Crippen MR) is 142 cm³/mol. The molecule has 0 bridgehead atoms. The van der Waals surface area contributed by atoms with Gasteiger partial charge in [-0.05, 0) is 13.3 Å². The first-order valence-corrected chi connectivity index (χ1v) is 15.7. The highest BCUT2D eigenvalue weighted by molar-refractivity contribution is 5.87. The standard InChI is InChI=1S/C28H16F34O6/c1-4-12(5-66-9(63)8(2)3,6-67-10(64)13(29,30)15(33,34)17(37,38)19(41,42)21(45,46)23(49,50)25(53,54)27(57,58)59)7-68-11(65)14(31,32)16(35,36)18(39,40)20(43,44)22(47,48)24(51,52)26(55,56)28(60,61)62/h2,4-7H2,1,3H3. The predicted octanol–water partition coefficient (Wildman–Crippen LogP) is 11.6. The maximum atomic E-state index is 14.4. The van der Waals surface area contributed by atoms with Crippen molar-refractivity contribution in [3.63, 3.8) is 0 Å². The van der Waals surface area contributed by atoms with Crippen LogP contribution in [0.5, 0.6) is 0 Å². The molecule has 68 heavy (non-hydrogen) atoms. The number of ether oxygens (including phenoxy) is 3. The maximum Gasteiger partial charge on any atom is 0.460 e. The van der Waals surface area contributed by atoms with Crippen LogP contribution in [0, 0.1) is 5.41 Å². The van der Waals surface area contributed by atoms with Crippen LogP contribution in [-0.2, 0) is 28.6 Å². The average Bonchev–Trinajstić information content (AvgIpc) is 3.15. The normalized spacial score (nSPS) is 15.8. The van der Waals surface area contributed by atoms with Crippen LogP contribution in [0.1, 0.15) is 20.3 Å². The van der Waals surface area contributed by atoms with E-state index in [0.717, 1.165) is 0 Å². The van der Waals surface area contributed by atoms with Gasteiger partial charge in [0.15, 0.2) is 0 Å². The number of halogens is 34. The number of carbonyl (C=O) groups is 3. The van der Waals surface area contributed by atoms with Gasteiger partial charge in [-0.25, -0.2) is 14.4 Å². The van der Waals surface area contributed by atoms with E-state index in [1.165, 1.54) is 0 Å². The quantitative estimate of drug-likeness (QED) is 0.0465. The number of alkyl halides is 34. The van der Waals surface area contributed by atoms with Crippen LogP contribution in [0.25, 0.3) is 0 Å². The molecule has 0 aliphatic rings. The van der Waals surface area contributed by atoms with Crippen LogP contribution in [0.4, 0.5) is 149 Å². The molecule has 0 unspecified atom stereocenters. The smallest absolute Gasteiger partial charge is 0.460 e. The molecule has 0 aromatic rings. The van der Waals surface area contributed by atoms with Crippen LogP contribution >= 0.6 is 0 Å². The minimum absolute atomic E-state index is 0.261. The molecule has 0 rings (SSSR count). The topological polar surface area (TPSA) is 78.9 Å². The van der Waals surface area contributed by atoms with Gasteiger partial charge < -0.3 is 14.2 Å². The van der Waals surface area contributed by atoms with E-state index in [0.29, 0.717) is 6.92 Å². The van der Waals surface area contributed by atoms with Crippen molar-refractivity contribution in [3.8, 4) is 0 Å². The number of hydrogen-bond acceptors (Lipinski definition) is 6. The van der Waals surface area contributed by atoms with E-state index in [9.17, 15) is 164 Å². The fourth-order valence-electron chi connectivity index (χ4n) is 3.98. The summed E-state index contributed by atoms with van der Waals surface area (Å²) in [5.41, 5.74) is -4.60. The van der Waals surface area contributed by atoms with Gasteiger partial charge in [-0.2, -0.15) is 149 Å². The molecular weight excluding hydrogens is 1080 g/mol. The molecule has 0 fully saturated rings. The molecule has 0 heterocycles. The Morgan fingerprint density at radius 1 is 0.338 bits per heavy atom. The van der Waals surface area contributed by atoms with Crippen molar-refractivity contribution in [1.82, 2.24) is 0 Å². The van der Waals surface area contributed by atoms with Crippen LogP contribution in [0.3, 0.4) is 0 Å². The lowest BCUT2D eigenvalue weighted by Gasteiger charge is -2.42. The Balaban J connectivity index is 7.30. The summed E-state index contributed by atoms with van der Waals surface area (Å²) in [7, 11) is 0. The lowest BCUT2D eigenvalue weighted by atomic mass is 9.87. The third-order valence-corrected chi connectivity index (χ3v) is 8.58. The van der Waals surface area contributed by atoms with E-state index < -0.39 is 150 Å². The summed E-state index contributed by atoms with van der Waals surface area (Å²) in [6.45, 7) is -4.35. The molecular formula is C28H16F34O6. The molecule has 0 aromatic heterocycles. The van der Waals surface area contributed by atoms with Gasteiger partial charge in [-0.1, -0.05) is 13.5 Å². The van der Waals surface area contributed by atoms with Gasteiger partial charge in [-0.3, -0.25) is 0 Å². The Morgan fingerprint density at radius 2 is 0.529 bits per heavy atom. The van der Waals surface area contributed by atoms with E-state index in [2.05, 4.69) is 20.8 Å². The summed E-state index contributed by atoms with van der Waals surface area (Å²) in [5.74, 6) is -136. The van der Waals surface area contributed by atoms with Crippen molar-refractivity contribution in [1.29, 1.82) is 0 Å². The van der Waals surface area contributed by atoms with Gasteiger partial charge in [0, 0.05) is 5.57 Å². The molecule has 0 aromatic carbocycles. The molecule has 0 atom stereocenters. The van der Waals surface area contributed by atoms with Gasteiger partial charge in [0.2, 0.25) is 0 Å². The zero-order valence-corrected chi connectivity index (χ0v) is 31.3. The molecule has 402 valence electrons. The summed E-state index contributed by atoms with van der Waals surface area (Å²) >= 11 is 0. The Kier molecular flexibility index (Phi) is 16.5. The van der Waals surface area contributed by atoms with Gasteiger partial charge in [0.05, 0.1) is 5.41 Å². The average molecular weight is 1090 g/mol. The van der Waals surface area contributed by atoms with Crippen molar-refractivity contribution in [2.24, 2.45) is 5.41 Å². The summed E-state index contributed by atoms with van der Waals surface area (Å²) in [5, 5.41) is 0. The minimum Gasteiger partial charge on any atom is -0.461 e. The van der Waals surface area contributed by atoms with Gasteiger partial charge in [-0.15, -0.1) is 0 Å². The summed E-state index contributed by atoms with van der Waals surface area (Å²) in [6, 6.07) is 0. The maximum absolute atomic E-state index is 14.4. The molecule has 0 aliphatic heterocycles. The Morgan fingerprint density at radius 3 is 0.721 bits per heavy atom. The molecule has 0 N–H and O–H groups in total. The molecule has 0 saturated heterocycles. The van der Waals surface area contributed by atoms with E-state index >= 15 is 0 Å². The summed E-state index contributed by atoms with van der Waals surface area (Å²) in [4.78, 5) is 35.5. The fraction of sp³-hybridized carbons (Fsp3) is 0.821. The van der Waals surface area contributed by atoms with Crippen molar-refractivity contribution >= 4 is 17.9 Å². The van der Waals surface area contributed by atoms with E-state index in [1.54, 1.807) is 0 Å². The van der Waals surface area contributed by atoms with Crippen molar-refractivity contribution in [2.45, 2.75) is 116 Å². The summed E-state index contributed by atoms with van der Waals surface area (Å²) in [6.07, 6.45) is -18.0. The largest absolute Gasteiger partial charge is 0.461 e. The van der Waals surface area contributed by atoms with Crippen LogP contribution in [-0.4, -0.2) is 133 Å². The third-order valence-electron chi connectivity index (χ3n) is 8.58. The molecule has 0 radical (unpaired) electrons. The fourth-order valence-corrected chi connectivity index (χ4v) is 3.98. The highest BCUT2D eigenvalue weighted by atomic mass is 19.4. The molecule has 0 saturated carbocycles. The Labute approximate surface area is 349 Å². The molecule has 0 aliphatic carbocycles. The zero-order valence-electron chi connectivity index (χ0n) is 31.3. The Hall–Kier alpha value is -4.23. The SMILES string of the molecule is C=C(C)C(=O)OCC(CC)(COC(=O)C(F)(F)C(F)(F)C(F)(F)C(F)(F)C(F)(F)C(F)(F)C(F)(F)C(F)(F)F)COC(=O)C(F)(F)C(F)(F)C(F)(F)C(F)(F)C(F)(F)C(F)(F)C(F)(F)C(F)(F)F. The number of esters is 3. The zero-order chi connectivity index (χ0) is 55.8. The van der Waals surface area contributed by atoms with E-state index in [-0.39, 0.29) is 6.92 Å². The summed E-state index contributed by atoms with van der Waals surface area (Å²) < 4.78 is 472. The first-order valence-electron chi connectivity index (χ1n) is 15.7. The second-order valence-electron chi connectivity index (χ2n) is 13.4. The number of rotatable bonds is 22. The second-order valence-corrected chi connectivity index (χ2v) is 13.4. The molecule has 0 spiro atoms. The van der Waals surface area contributed by atoms with Gasteiger partial charge in [0.1, 0.15) is 19.8 Å². The van der Waals surface area contributed by atoms with Crippen molar-refractivity contribution in [2.75, 3.05) is 19.8 Å². The van der Waals surface area contributed by atoms with Crippen molar-refractivity contribution < 1.29 is 178 Å². The lowest BCUT2D eigenvalue weighted by Crippen LogP contribution is -2.75. The number of carbonyl (C=O) groups excluding carboxylic acids is 3. The number of hydrogen-bond donors (Lipinski definition) is 0. The minimum atomic E-state index is -9.30. The van der Waals surface area contributed by atoms with E-state index in [1.807, 2.05) is 0 Å². The van der Waals surface area contributed by atoms with Gasteiger partial charge >= 0.3 is 113 Å². The van der Waals surface area contributed by atoms with Gasteiger partial charge in [0.25, 0.3) is 0 Å². The van der Waals surface area contributed by atoms with Crippen molar-refractivity contribution in [3.05, 3.63) is 12.2 Å². The lowest BCUT2D eigenvalue weighted by molar-refractivity contribution is -0.460. The molecule has 6 nitrogen and oxygen atoms in total. The molecule has 40 heteroatoms. The van der Waals surface area contributed by atoms with E-state index in [4.69, 9.17) is 0 Å². The second kappa shape index (κ2) is 17.6. The highest BCUT2D eigenvalue weighted by Gasteiger charge is 2.97. The first kappa shape index (κ1) is 63.8. The third kappa shape index (κ3) is 9.05.